The van der Waals surface area contributed by atoms with Gasteiger partial charge in [-0.1, -0.05) is 5.21 Å². The number of nitrogens with one attached hydrogen (secondary N) is 2. The molecule has 0 radical (unpaired) electrons. The van der Waals surface area contributed by atoms with Crippen molar-refractivity contribution in [2.45, 2.75) is 24.9 Å². The molecule has 0 saturated carbocycles. The maximum Gasteiger partial charge on any atom is 0.261 e. The summed E-state index contributed by atoms with van der Waals surface area (Å²) in [5.41, 5.74) is 0. The number of amides is 1. The zero-order valence-electron chi connectivity index (χ0n) is 10.1. The molecule has 0 aromatic carbocycles. The third-order valence-corrected chi connectivity index (χ3v) is 4.49. The van der Waals surface area contributed by atoms with Crippen LogP contribution in [0.1, 0.15) is 13.8 Å². The van der Waals surface area contributed by atoms with Crippen LogP contribution in [0.5, 0.6) is 0 Å². The van der Waals surface area contributed by atoms with Gasteiger partial charge in [-0.25, -0.2) is 13.1 Å². The average Bonchev–Trinajstić information content (AvgIpc) is 2.58. The Morgan fingerprint density at radius 2 is 2.17 bits per heavy atom. The predicted octanol–water partition coefficient (Wildman–Crippen LogP) is -0.619. The number of carbonyl (C=O) groups is 1. The summed E-state index contributed by atoms with van der Waals surface area (Å²) in [6, 6.07) is -0.878. The van der Waals surface area contributed by atoms with E-state index in [-0.39, 0.29) is 9.63 Å². The van der Waals surface area contributed by atoms with Crippen LogP contribution in [0.25, 0.3) is 0 Å². The molecule has 0 aliphatic heterocycles. The number of carbonyl (C=O) groups excluding carboxylic acids is 1. The van der Waals surface area contributed by atoms with Crippen molar-refractivity contribution in [3.8, 4) is 0 Å². The molecule has 18 heavy (non-hydrogen) atoms. The number of likely N-dealkylation sites (N-methyl/N-ethyl adjacent to an activating group) is 1. The molecule has 1 aromatic rings. The molecule has 1 rings (SSSR count). The molecule has 0 bridgehead atoms. The topological polar surface area (TPSA) is 106 Å². The quantitative estimate of drug-likeness (QED) is 0.743. The van der Waals surface area contributed by atoms with Crippen molar-refractivity contribution in [2.75, 3.05) is 6.54 Å². The third-order valence-electron chi connectivity index (χ3n) is 2.07. The normalized spacial score (nSPS) is 13.3. The molecule has 0 aliphatic carbocycles. The van der Waals surface area contributed by atoms with Crippen molar-refractivity contribution in [3.63, 3.8) is 0 Å². The molecule has 0 aliphatic rings. The van der Waals surface area contributed by atoms with Crippen molar-refractivity contribution in [2.24, 2.45) is 7.05 Å². The fourth-order valence-electron chi connectivity index (χ4n) is 1.28. The molecule has 0 fully saturated rings. The second-order valence-corrected chi connectivity index (χ2v) is 5.93. The van der Waals surface area contributed by atoms with E-state index in [1.54, 1.807) is 6.92 Å². The minimum absolute atomic E-state index is 0.0978. The third kappa shape index (κ3) is 3.27. The van der Waals surface area contributed by atoms with Crippen LogP contribution in [0.2, 0.25) is 0 Å². The molecular weight excluding hydrogens is 326 g/mol. The number of aromatic nitrogens is 3. The Hall–Kier alpha value is -1.00. The van der Waals surface area contributed by atoms with Crippen LogP contribution in [0.3, 0.4) is 0 Å². The molecule has 0 spiro atoms. The van der Waals surface area contributed by atoms with Crippen LogP contribution in [0, 0.1) is 0 Å². The van der Waals surface area contributed by atoms with E-state index in [1.165, 1.54) is 14.0 Å². The van der Waals surface area contributed by atoms with Crippen LogP contribution in [0.4, 0.5) is 0 Å². The number of hydrogen-bond acceptors (Lipinski definition) is 5. The van der Waals surface area contributed by atoms with Crippen molar-refractivity contribution in [1.82, 2.24) is 25.0 Å². The van der Waals surface area contributed by atoms with Gasteiger partial charge in [-0.3, -0.25) is 4.79 Å². The van der Waals surface area contributed by atoms with Crippen LogP contribution < -0.4 is 10.0 Å². The van der Waals surface area contributed by atoms with Gasteiger partial charge in [0.25, 0.3) is 10.0 Å². The summed E-state index contributed by atoms with van der Waals surface area (Å²) < 4.78 is 27.5. The highest BCUT2D eigenvalue weighted by molar-refractivity contribution is 9.10. The number of aryl methyl sites for hydroxylation is 1. The summed E-state index contributed by atoms with van der Waals surface area (Å²) in [5, 5.41) is 9.55. The highest BCUT2D eigenvalue weighted by Gasteiger charge is 2.27. The monoisotopic (exact) mass is 339 g/mol. The maximum absolute atomic E-state index is 12.0. The fraction of sp³-hybridized carbons (Fsp3) is 0.625. The molecule has 102 valence electrons. The van der Waals surface area contributed by atoms with Gasteiger partial charge in [0.05, 0.1) is 6.04 Å². The van der Waals surface area contributed by atoms with Gasteiger partial charge in [-0.15, -0.1) is 5.10 Å². The second kappa shape index (κ2) is 5.76. The molecular formula is C8H14BrN5O3S. The highest BCUT2D eigenvalue weighted by Crippen LogP contribution is 2.17. The summed E-state index contributed by atoms with van der Waals surface area (Å²) in [7, 11) is -2.41. The second-order valence-electron chi connectivity index (χ2n) is 3.55. The number of rotatable bonds is 5. The van der Waals surface area contributed by atoms with E-state index in [4.69, 9.17) is 0 Å². The molecule has 10 heteroatoms. The molecule has 1 amide bonds. The van der Waals surface area contributed by atoms with E-state index in [0.717, 1.165) is 4.68 Å². The van der Waals surface area contributed by atoms with E-state index in [0.29, 0.717) is 6.54 Å². The molecule has 1 aromatic heterocycles. The number of sulfonamides is 1. The molecule has 1 unspecified atom stereocenters. The average molecular weight is 340 g/mol. The van der Waals surface area contributed by atoms with Crippen LogP contribution in [0.15, 0.2) is 9.63 Å². The van der Waals surface area contributed by atoms with Crippen LogP contribution >= 0.6 is 15.9 Å². The summed E-state index contributed by atoms with van der Waals surface area (Å²) >= 11 is 3.00. The summed E-state index contributed by atoms with van der Waals surface area (Å²) in [4.78, 5) is 11.5. The molecule has 8 nitrogen and oxygen atoms in total. The lowest BCUT2D eigenvalue weighted by Gasteiger charge is -2.13. The predicted molar refractivity (Wildman–Crippen MR) is 67.2 cm³/mol. The largest absolute Gasteiger partial charge is 0.355 e. The van der Waals surface area contributed by atoms with E-state index in [1.807, 2.05) is 0 Å². The molecule has 0 saturated heterocycles. The summed E-state index contributed by atoms with van der Waals surface area (Å²) in [6.07, 6.45) is 0. The number of hydrogen-bond donors (Lipinski definition) is 2. The molecule has 1 atom stereocenters. The number of halogens is 1. The maximum atomic E-state index is 12.0. The Morgan fingerprint density at radius 3 is 2.61 bits per heavy atom. The van der Waals surface area contributed by atoms with Gasteiger partial charge in [0.15, 0.2) is 4.60 Å². The minimum Gasteiger partial charge on any atom is -0.355 e. The Balaban J connectivity index is 2.93. The van der Waals surface area contributed by atoms with Gasteiger partial charge in [0.2, 0.25) is 10.9 Å². The molecule has 1 heterocycles. The van der Waals surface area contributed by atoms with Crippen molar-refractivity contribution >= 4 is 31.9 Å². The Morgan fingerprint density at radius 1 is 1.56 bits per heavy atom. The first-order chi connectivity index (χ1) is 8.29. The van der Waals surface area contributed by atoms with Gasteiger partial charge in [0, 0.05) is 13.6 Å². The van der Waals surface area contributed by atoms with E-state index in [2.05, 4.69) is 36.3 Å². The van der Waals surface area contributed by atoms with Crippen LogP contribution in [-0.2, 0) is 21.9 Å². The zero-order chi connectivity index (χ0) is 13.9. The van der Waals surface area contributed by atoms with E-state index in [9.17, 15) is 13.2 Å². The Labute approximate surface area is 113 Å². The smallest absolute Gasteiger partial charge is 0.261 e. The Kier molecular flexibility index (Phi) is 4.82. The fourth-order valence-corrected chi connectivity index (χ4v) is 3.58. The van der Waals surface area contributed by atoms with Gasteiger partial charge < -0.3 is 5.32 Å². The SMILES string of the molecule is CCNC(=O)C(C)NS(=O)(=O)c1c(Br)nnn1C. The van der Waals surface area contributed by atoms with Crippen molar-refractivity contribution in [3.05, 3.63) is 4.60 Å². The lowest BCUT2D eigenvalue weighted by Crippen LogP contribution is -2.45. The van der Waals surface area contributed by atoms with E-state index >= 15 is 0 Å². The van der Waals surface area contributed by atoms with Gasteiger partial charge in [-0.05, 0) is 29.8 Å². The standard InChI is InChI=1S/C8H14BrN5O3S/c1-4-10-7(15)5(2)12-18(16,17)8-6(9)11-13-14(8)3/h5,12H,4H2,1-3H3,(H,10,15). The summed E-state index contributed by atoms with van der Waals surface area (Å²) in [6.45, 7) is 3.64. The first kappa shape index (κ1) is 15.1. The van der Waals surface area contributed by atoms with Crippen molar-refractivity contribution < 1.29 is 13.2 Å². The summed E-state index contributed by atoms with van der Waals surface area (Å²) in [5.74, 6) is -0.396. The van der Waals surface area contributed by atoms with Gasteiger partial charge >= 0.3 is 0 Å². The highest BCUT2D eigenvalue weighted by atomic mass is 79.9. The van der Waals surface area contributed by atoms with Crippen molar-refractivity contribution in [1.29, 1.82) is 0 Å². The lowest BCUT2D eigenvalue weighted by atomic mass is 10.3. The zero-order valence-corrected chi connectivity index (χ0v) is 12.5. The Bertz CT molecular complexity index is 521. The molecule has 2 N–H and O–H groups in total. The van der Waals surface area contributed by atoms with Gasteiger partial charge in [0.1, 0.15) is 0 Å². The number of nitrogens with zero attached hydrogens (tertiary/aromatic N) is 3. The van der Waals surface area contributed by atoms with Crippen LogP contribution in [-0.4, -0.2) is 41.9 Å². The van der Waals surface area contributed by atoms with Gasteiger partial charge in [-0.2, -0.15) is 4.72 Å². The first-order valence-electron chi connectivity index (χ1n) is 5.14. The van der Waals surface area contributed by atoms with E-state index < -0.39 is 22.0 Å². The first-order valence-corrected chi connectivity index (χ1v) is 7.42. The minimum atomic E-state index is -3.86. The lowest BCUT2D eigenvalue weighted by molar-refractivity contribution is -0.122.